The molecule has 3 nitrogen and oxygen atoms in total. The Bertz CT molecular complexity index is 641. The fraction of sp³-hybridized carbons (Fsp3) is 0.550. The number of ketones is 1. The molecule has 1 aliphatic carbocycles. The number of hydrogen-bond donors (Lipinski definition) is 2. The lowest BCUT2D eigenvalue weighted by Crippen LogP contribution is -2.20. The first-order valence-electron chi connectivity index (χ1n) is 8.55. The molecule has 0 saturated heterocycles. The van der Waals surface area contributed by atoms with Crippen molar-refractivity contribution in [3.8, 4) is 0 Å². The molecule has 1 atom stereocenters. The van der Waals surface area contributed by atoms with E-state index in [9.17, 15) is 15.0 Å². The van der Waals surface area contributed by atoms with Gasteiger partial charge in [0.2, 0.25) is 0 Å². The molecule has 1 aromatic carbocycles. The van der Waals surface area contributed by atoms with Crippen molar-refractivity contribution in [1.82, 2.24) is 0 Å². The Morgan fingerprint density at radius 2 is 1.87 bits per heavy atom. The summed E-state index contributed by atoms with van der Waals surface area (Å²) in [7, 11) is 0. The number of allylic oxidation sites excluding steroid dienone is 2. The second-order valence-electron chi connectivity index (χ2n) is 6.74. The van der Waals surface area contributed by atoms with Crippen LogP contribution in [0.5, 0.6) is 0 Å². The van der Waals surface area contributed by atoms with E-state index in [-0.39, 0.29) is 24.1 Å². The van der Waals surface area contributed by atoms with E-state index in [0.717, 1.165) is 40.7 Å². The summed E-state index contributed by atoms with van der Waals surface area (Å²) in [6.07, 6.45) is 3.62. The van der Waals surface area contributed by atoms with E-state index in [1.807, 2.05) is 20.8 Å². The van der Waals surface area contributed by atoms with E-state index in [1.165, 1.54) is 0 Å². The van der Waals surface area contributed by atoms with Gasteiger partial charge in [-0.1, -0.05) is 19.4 Å². The van der Waals surface area contributed by atoms with Gasteiger partial charge in [0.15, 0.2) is 5.78 Å². The van der Waals surface area contributed by atoms with Crippen molar-refractivity contribution in [2.24, 2.45) is 0 Å². The van der Waals surface area contributed by atoms with Gasteiger partial charge < -0.3 is 10.2 Å². The number of carbonyl (C=O) groups is 1. The molecule has 0 aromatic heterocycles. The molecule has 0 saturated carbocycles. The highest BCUT2D eigenvalue weighted by molar-refractivity contribution is 5.97. The Kier molecular flexibility index (Phi) is 5.64. The summed E-state index contributed by atoms with van der Waals surface area (Å²) < 4.78 is 0. The fourth-order valence-corrected chi connectivity index (χ4v) is 3.89. The summed E-state index contributed by atoms with van der Waals surface area (Å²) in [4.78, 5) is 12.5. The van der Waals surface area contributed by atoms with Crippen LogP contribution in [0.4, 0.5) is 0 Å². The predicted octanol–water partition coefficient (Wildman–Crippen LogP) is 4.55. The SMILES string of the molecule is CCCCC1=C(O)CC(c2c(C)cc(C)c(CO)c2C)CC1=O. The van der Waals surface area contributed by atoms with Crippen LogP contribution in [0.2, 0.25) is 0 Å². The molecule has 0 bridgehead atoms. The highest BCUT2D eigenvalue weighted by Gasteiger charge is 2.30. The third kappa shape index (κ3) is 3.50. The average Bonchev–Trinajstić information content (AvgIpc) is 2.46. The number of benzene rings is 1. The third-order valence-electron chi connectivity index (χ3n) is 5.09. The Labute approximate surface area is 139 Å². The Balaban J connectivity index is 2.39. The van der Waals surface area contributed by atoms with Crippen molar-refractivity contribution >= 4 is 5.78 Å². The maximum atomic E-state index is 12.5. The molecule has 2 N–H and O–H groups in total. The van der Waals surface area contributed by atoms with Crippen LogP contribution in [0.25, 0.3) is 0 Å². The lowest BCUT2D eigenvalue weighted by molar-refractivity contribution is -0.116. The Hall–Kier alpha value is -1.61. The zero-order valence-electron chi connectivity index (χ0n) is 14.7. The highest BCUT2D eigenvalue weighted by atomic mass is 16.3. The molecule has 0 fully saturated rings. The van der Waals surface area contributed by atoms with E-state index < -0.39 is 0 Å². The number of carbonyl (C=O) groups excluding carboxylic acids is 1. The minimum absolute atomic E-state index is 0.00911. The molecule has 126 valence electrons. The van der Waals surface area contributed by atoms with Crippen molar-refractivity contribution in [2.45, 2.75) is 72.3 Å². The maximum Gasteiger partial charge on any atom is 0.162 e. The van der Waals surface area contributed by atoms with Gasteiger partial charge in [-0.3, -0.25) is 4.79 Å². The molecule has 2 rings (SSSR count). The fourth-order valence-electron chi connectivity index (χ4n) is 3.89. The van der Waals surface area contributed by atoms with Gasteiger partial charge in [0.25, 0.3) is 0 Å². The largest absolute Gasteiger partial charge is 0.512 e. The van der Waals surface area contributed by atoms with E-state index in [4.69, 9.17) is 0 Å². The van der Waals surface area contributed by atoms with Crippen LogP contribution in [0.3, 0.4) is 0 Å². The second-order valence-corrected chi connectivity index (χ2v) is 6.74. The zero-order chi connectivity index (χ0) is 17.1. The second kappa shape index (κ2) is 7.31. The molecule has 0 heterocycles. The lowest BCUT2D eigenvalue weighted by Gasteiger charge is -2.28. The number of rotatable bonds is 5. The Morgan fingerprint density at radius 3 is 2.43 bits per heavy atom. The average molecular weight is 316 g/mol. The van der Waals surface area contributed by atoms with E-state index in [0.29, 0.717) is 24.8 Å². The van der Waals surface area contributed by atoms with Gasteiger partial charge in [0.05, 0.1) is 12.4 Å². The topological polar surface area (TPSA) is 57.5 Å². The molecular weight excluding hydrogens is 288 g/mol. The first-order valence-corrected chi connectivity index (χ1v) is 8.55. The molecular formula is C20H28O3. The lowest BCUT2D eigenvalue weighted by atomic mass is 9.77. The molecule has 1 aliphatic rings. The molecule has 0 radical (unpaired) electrons. The summed E-state index contributed by atoms with van der Waals surface area (Å²) in [6, 6.07) is 2.08. The van der Waals surface area contributed by atoms with Crippen LogP contribution >= 0.6 is 0 Å². The van der Waals surface area contributed by atoms with Crippen LogP contribution in [-0.4, -0.2) is 16.0 Å². The van der Waals surface area contributed by atoms with Crippen LogP contribution in [0.15, 0.2) is 17.4 Å². The molecule has 0 spiro atoms. The number of aliphatic hydroxyl groups is 2. The summed E-state index contributed by atoms with van der Waals surface area (Å²) in [5, 5.41) is 20.0. The number of hydrogen-bond acceptors (Lipinski definition) is 3. The van der Waals surface area contributed by atoms with Crippen LogP contribution in [0.1, 0.15) is 72.8 Å². The monoisotopic (exact) mass is 316 g/mol. The van der Waals surface area contributed by atoms with Gasteiger partial charge in [-0.25, -0.2) is 0 Å². The van der Waals surface area contributed by atoms with Crippen LogP contribution < -0.4 is 0 Å². The number of aliphatic hydroxyl groups excluding tert-OH is 2. The molecule has 0 aliphatic heterocycles. The highest BCUT2D eigenvalue weighted by Crippen LogP contribution is 2.39. The summed E-state index contributed by atoms with van der Waals surface area (Å²) >= 11 is 0. The maximum absolute atomic E-state index is 12.5. The van der Waals surface area contributed by atoms with E-state index in [1.54, 1.807) is 0 Å². The normalized spacial score (nSPS) is 18.7. The van der Waals surface area contributed by atoms with Crippen LogP contribution in [-0.2, 0) is 11.4 Å². The number of aryl methyl sites for hydroxylation is 2. The summed E-state index contributed by atoms with van der Waals surface area (Å²) in [5.41, 5.74) is 5.98. The standard InChI is InChI=1S/C20H28O3/c1-5-6-7-16-18(22)9-15(10-19(16)23)20-13(3)8-12(2)17(11-21)14(20)4/h8,15,21-22H,5-7,9-11H2,1-4H3. The Morgan fingerprint density at radius 1 is 1.17 bits per heavy atom. The van der Waals surface area contributed by atoms with Crippen LogP contribution in [0, 0.1) is 20.8 Å². The van der Waals surface area contributed by atoms with Gasteiger partial charge in [0.1, 0.15) is 0 Å². The van der Waals surface area contributed by atoms with Gasteiger partial charge >= 0.3 is 0 Å². The molecule has 0 amide bonds. The minimum atomic E-state index is 0.00911. The van der Waals surface area contributed by atoms with Gasteiger partial charge in [0, 0.05) is 18.4 Å². The van der Waals surface area contributed by atoms with Crippen molar-refractivity contribution in [1.29, 1.82) is 0 Å². The molecule has 3 heteroatoms. The molecule has 1 unspecified atom stereocenters. The van der Waals surface area contributed by atoms with Crippen molar-refractivity contribution in [2.75, 3.05) is 0 Å². The smallest absolute Gasteiger partial charge is 0.162 e. The van der Waals surface area contributed by atoms with E-state index >= 15 is 0 Å². The molecule has 1 aromatic rings. The number of Topliss-reactive ketones (excluding diaryl/α,β-unsaturated/α-hetero) is 1. The van der Waals surface area contributed by atoms with Crippen molar-refractivity contribution in [3.05, 3.63) is 45.2 Å². The quantitative estimate of drug-likeness (QED) is 0.837. The first kappa shape index (κ1) is 17.7. The predicted molar refractivity (Wildman–Crippen MR) is 92.7 cm³/mol. The third-order valence-corrected chi connectivity index (χ3v) is 5.09. The van der Waals surface area contributed by atoms with Crippen molar-refractivity contribution in [3.63, 3.8) is 0 Å². The van der Waals surface area contributed by atoms with Gasteiger partial charge in [-0.05, 0) is 67.3 Å². The first-order chi connectivity index (χ1) is 10.9. The molecule has 23 heavy (non-hydrogen) atoms. The van der Waals surface area contributed by atoms with Gasteiger partial charge in [-0.2, -0.15) is 0 Å². The van der Waals surface area contributed by atoms with E-state index in [2.05, 4.69) is 13.0 Å². The summed E-state index contributed by atoms with van der Waals surface area (Å²) in [5.74, 6) is 0.362. The minimum Gasteiger partial charge on any atom is -0.512 e. The van der Waals surface area contributed by atoms with Gasteiger partial charge in [-0.15, -0.1) is 0 Å². The van der Waals surface area contributed by atoms with Crippen molar-refractivity contribution < 1.29 is 15.0 Å². The number of unbranched alkanes of at least 4 members (excludes halogenated alkanes) is 1. The summed E-state index contributed by atoms with van der Waals surface area (Å²) in [6.45, 7) is 8.16. The zero-order valence-corrected chi connectivity index (χ0v) is 14.7.